The topological polar surface area (TPSA) is 69.7 Å². The summed E-state index contributed by atoms with van der Waals surface area (Å²) in [4.78, 5) is 39.8. The van der Waals surface area contributed by atoms with Gasteiger partial charge >= 0.3 is 6.03 Å². The number of likely N-dealkylation sites (N-methyl/N-ethyl adjacent to an activating group) is 1. The summed E-state index contributed by atoms with van der Waals surface area (Å²) in [6, 6.07) is 4.47. The number of urea groups is 1. The lowest BCUT2D eigenvalue weighted by Gasteiger charge is -2.33. The minimum Gasteiger partial charge on any atom is -0.347 e. The average molecular weight is 349 g/mol. The maximum atomic E-state index is 13.0. The van der Waals surface area contributed by atoms with Crippen LogP contribution < -0.4 is 5.32 Å². The van der Waals surface area contributed by atoms with Crippen molar-refractivity contribution >= 4 is 17.7 Å². The Hall–Kier alpha value is -2.44. The number of hydrogen-bond acceptors (Lipinski definition) is 3. The lowest BCUT2D eigenvalue weighted by molar-refractivity contribution is -0.130. The van der Waals surface area contributed by atoms with Crippen molar-refractivity contribution in [2.24, 2.45) is 5.92 Å². The highest BCUT2D eigenvalue weighted by Gasteiger charge is 2.30. The zero-order valence-electron chi connectivity index (χ0n) is 14.8. The fourth-order valence-corrected chi connectivity index (χ4v) is 2.95. The molecule has 0 radical (unpaired) electrons. The van der Waals surface area contributed by atoms with Crippen molar-refractivity contribution in [1.29, 1.82) is 0 Å². The van der Waals surface area contributed by atoms with Gasteiger partial charge in [0.05, 0.1) is 0 Å². The van der Waals surface area contributed by atoms with Crippen LogP contribution in [0.1, 0.15) is 30.1 Å². The molecule has 7 heteroatoms. The number of nitrogens with zero attached hydrogens (tertiary/aromatic N) is 2. The summed E-state index contributed by atoms with van der Waals surface area (Å²) in [6.45, 7) is 2.47. The standard InChI is InChI=1S/C18H24FN3O3/c1-12(17(24)21(2)3)20-18(25)22-10-4-5-14(11-22)16(23)13-6-8-15(19)9-7-13/h6-9,12,14H,4-5,10-11H2,1-3H3,(H,20,25)/t12-,14+/m0/s1. The Labute approximate surface area is 147 Å². The smallest absolute Gasteiger partial charge is 0.318 e. The highest BCUT2D eigenvalue weighted by molar-refractivity contribution is 5.98. The van der Waals surface area contributed by atoms with Gasteiger partial charge in [-0.15, -0.1) is 0 Å². The molecule has 2 atom stereocenters. The number of halogens is 1. The molecule has 1 saturated heterocycles. The van der Waals surface area contributed by atoms with E-state index in [0.717, 1.165) is 0 Å². The molecule has 0 spiro atoms. The van der Waals surface area contributed by atoms with Crippen LogP contribution in [-0.4, -0.2) is 60.7 Å². The summed E-state index contributed by atoms with van der Waals surface area (Å²) in [7, 11) is 3.26. The highest BCUT2D eigenvalue weighted by Crippen LogP contribution is 2.21. The van der Waals surface area contributed by atoms with Crippen LogP contribution >= 0.6 is 0 Å². The summed E-state index contributed by atoms with van der Waals surface area (Å²) in [5.41, 5.74) is 0.449. The van der Waals surface area contributed by atoms with Gasteiger partial charge in [-0.1, -0.05) is 0 Å². The number of ketones is 1. The van der Waals surface area contributed by atoms with E-state index in [2.05, 4.69) is 5.32 Å². The molecule has 1 aliphatic heterocycles. The number of rotatable bonds is 4. The van der Waals surface area contributed by atoms with Gasteiger partial charge in [0.2, 0.25) is 5.91 Å². The maximum Gasteiger partial charge on any atom is 0.318 e. The van der Waals surface area contributed by atoms with Gasteiger partial charge in [0, 0.05) is 38.7 Å². The maximum absolute atomic E-state index is 13.0. The van der Waals surface area contributed by atoms with Gasteiger partial charge in [-0.05, 0) is 44.0 Å². The van der Waals surface area contributed by atoms with Crippen molar-refractivity contribution in [1.82, 2.24) is 15.1 Å². The molecule has 0 saturated carbocycles. The molecule has 136 valence electrons. The van der Waals surface area contributed by atoms with Gasteiger partial charge in [-0.25, -0.2) is 9.18 Å². The summed E-state index contributed by atoms with van der Waals surface area (Å²) >= 11 is 0. The van der Waals surface area contributed by atoms with Crippen LogP contribution in [-0.2, 0) is 4.79 Å². The van der Waals surface area contributed by atoms with Crippen molar-refractivity contribution < 1.29 is 18.8 Å². The van der Waals surface area contributed by atoms with E-state index in [-0.39, 0.29) is 29.5 Å². The lowest BCUT2D eigenvalue weighted by atomic mass is 9.90. The Morgan fingerprint density at radius 1 is 1.24 bits per heavy atom. The molecule has 1 aromatic rings. The van der Waals surface area contributed by atoms with Gasteiger partial charge in [0.25, 0.3) is 0 Å². The summed E-state index contributed by atoms with van der Waals surface area (Å²) in [5, 5.41) is 2.67. The molecule has 1 N–H and O–H groups in total. The minimum absolute atomic E-state index is 0.0880. The molecule has 1 aliphatic rings. The van der Waals surface area contributed by atoms with Crippen molar-refractivity contribution in [2.45, 2.75) is 25.8 Å². The summed E-state index contributed by atoms with van der Waals surface area (Å²) in [6.07, 6.45) is 1.40. The third-order valence-corrected chi connectivity index (χ3v) is 4.36. The van der Waals surface area contributed by atoms with Crippen molar-refractivity contribution in [3.8, 4) is 0 Å². The van der Waals surface area contributed by atoms with Crippen LogP contribution in [0.2, 0.25) is 0 Å². The van der Waals surface area contributed by atoms with E-state index >= 15 is 0 Å². The third kappa shape index (κ3) is 4.78. The van der Waals surface area contributed by atoms with Gasteiger partial charge in [0.15, 0.2) is 5.78 Å². The highest BCUT2D eigenvalue weighted by atomic mass is 19.1. The number of carbonyl (C=O) groups excluding carboxylic acids is 3. The molecule has 0 bridgehead atoms. The van der Waals surface area contributed by atoms with E-state index in [1.54, 1.807) is 25.9 Å². The molecule has 0 aromatic heterocycles. The molecule has 25 heavy (non-hydrogen) atoms. The molecule has 0 aliphatic carbocycles. The zero-order chi connectivity index (χ0) is 18.6. The van der Waals surface area contributed by atoms with Crippen molar-refractivity contribution in [3.05, 3.63) is 35.6 Å². The SMILES string of the molecule is C[C@H](NC(=O)N1CCC[C@@H](C(=O)c2ccc(F)cc2)C1)C(=O)N(C)C. The first-order chi connectivity index (χ1) is 11.8. The number of benzene rings is 1. The number of piperidine rings is 1. The van der Waals surface area contributed by atoms with Crippen molar-refractivity contribution in [2.75, 3.05) is 27.2 Å². The first-order valence-electron chi connectivity index (χ1n) is 8.36. The summed E-state index contributed by atoms with van der Waals surface area (Å²) in [5.74, 6) is -0.982. The Balaban J connectivity index is 1.98. The van der Waals surface area contributed by atoms with Gasteiger partial charge in [-0.2, -0.15) is 0 Å². The van der Waals surface area contributed by atoms with Gasteiger partial charge in [0.1, 0.15) is 11.9 Å². The van der Waals surface area contributed by atoms with E-state index in [1.807, 2.05) is 0 Å². The molecule has 1 heterocycles. The van der Waals surface area contributed by atoms with E-state index in [1.165, 1.54) is 29.2 Å². The summed E-state index contributed by atoms with van der Waals surface area (Å²) < 4.78 is 13.0. The molecular formula is C18H24FN3O3. The Morgan fingerprint density at radius 2 is 1.88 bits per heavy atom. The Bertz CT molecular complexity index is 645. The Morgan fingerprint density at radius 3 is 2.48 bits per heavy atom. The first kappa shape index (κ1) is 18.9. The van der Waals surface area contributed by atoms with Crippen LogP contribution in [0.3, 0.4) is 0 Å². The van der Waals surface area contributed by atoms with E-state index < -0.39 is 6.04 Å². The molecular weight excluding hydrogens is 325 g/mol. The number of likely N-dealkylation sites (tertiary alicyclic amines) is 1. The quantitative estimate of drug-likeness (QED) is 0.844. The van der Waals surface area contributed by atoms with Crippen LogP contribution in [0.15, 0.2) is 24.3 Å². The largest absolute Gasteiger partial charge is 0.347 e. The normalized spacial score (nSPS) is 18.4. The minimum atomic E-state index is -0.629. The monoisotopic (exact) mass is 349 g/mol. The number of hydrogen-bond donors (Lipinski definition) is 1. The van der Waals surface area contributed by atoms with E-state index in [0.29, 0.717) is 31.5 Å². The third-order valence-electron chi connectivity index (χ3n) is 4.36. The van der Waals surface area contributed by atoms with Crippen molar-refractivity contribution in [3.63, 3.8) is 0 Å². The fraction of sp³-hybridized carbons (Fsp3) is 0.500. The van der Waals surface area contributed by atoms with Crippen LogP contribution in [0, 0.1) is 11.7 Å². The number of amides is 3. The number of Topliss-reactive ketones (excluding diaryl/α,β-unsaturated/α-hetero) is 1. The van der Waals surface area contributed by atoms with Gasteiger partial charge < -0.3 is 15.1 Å². The fourth-order valence-electron chi connectivity index (χ4n) is 2.95. The first-order valence-corrected chi connectivity index (χ1v) is 8.36. The number of nitrogens with one attached hydrogen (secondary N) is 1. The Kier molecular flexibility index (Phi) is 6.12. The second kappa shape index (κ2) is 8.09. The molecule has 1 fully saturated rings. The predicted octanol–water partition coefficient (Wildman–Crippen LogP) is 1.91. The van der Waals surface area contributed by atoms with E-state index in [4.69, 9.17) is 0 Å². The molecule has 1 aromatic carbocycles. The zero-order valence-corrected chi connectivity index (χ0v) is 14.8. The molecule has 3 amide bonds. The van der Waals surface area contributed by atoms with Crippen LogP contribution in [0.5, 0.6) is 0 Å². The average Bonchev–Trinajstić information content (AvgIpc) is 2.61. The van der Waals surface area contributed by atoms with E-state index in [9.17, 15) is 18.8 Å². The second-order valence-electron chi connectivity index (χ2n) is 6.56. The predicted molar refractivity (Wildman–Crippen MR) is 91.7 cm³/mol. The second-order valence-corrected chi connectivity index (χ2v) is 6.56. The van der Waals surface area contributed by atoms with Crippen LogP contribution in [0.4, 0.5) is 9.18 Å². The molecule has 0 unspecified atom stereocenters. The van der Waals surface area contributed by atoms with Gasteiger partial charge in [-0.3, -0.25) is 9.59 Å². The lowest BCUT2D eigenvalue weighted by Crippen LogP contribution is -2.52. The number of carbonyl (C=O) groups is 3. The molecule has 2 rings (SSSR count). The molecule has 6 nitrogen and oxygen atoms in total. The van der Waals surface area contributed by atoms with Crippen LogP contribution in [0.25, 0.3) is 0 Å².